The van der Waals surface area contributed by atoms with Crippen molar-refractivity contribution in [3.63, 3.8) is 0 Å². The molecule has 1 aromatic rings. The number of nitrogens with one attached hydrogen (secondary N) is 1. The topological polar surface area (TPSA) is 37.4 Å². The predicted molar refractivity (Wildman–Crippen MR) is 61.4 cm³/mol. The maximum Gasteiger partial charge on any atom is 0.127 e. The average Bonchev–Trinajstić information content (AvgIpc) is 2.78. The van der Waals surface area contributed by atoms with E-state index in [2.05, 4.69) is 21.3 Å². The van der Waals surface area contributed by atoms with Gasteiger partial charge in [0.15, 0.2) is 0 Å². The van der Waals surface area contributed by atoms with Gasteiger partial charge in [0.1, 0.15) is 5.82 Å². The maximum atomic E-state index is 5.35. The largest absolute Gasteiger partial charge is 0.380 e. The fourth-order valence-corrected chi connectivity index (χ4v) is 1.91. The molecule has 4 heteroatoms. The van der Waals surface area contributed by atoms with Gasteiger partial charge in [-0.05, 0) is 12.5 Å². The van der Waals surface area contributed by atoms with Gasteiger partial charge in [0.2, 0.25) is 0 Å². The van der Waals surface area contributed by atoms with Crippen LogP contribution in [0.4, 0.5) is 11.5 Å². The molecule has 82 valence electrons. The molecule has 1 atom stereocenters. The molecule has 15 heavy (non-hydrogen) atoms. The average molecular weight is 207 g/mol. The SMILES string of the molecule is CNc1cc(N2CCC(OC)C2)ccn1. The first kappa shape index (κ1) is 10.2. The van der Waals surface area contributed by atoms with Crippen LogP contribution in [0.3, 0.4) is 0 Å². The summed E-state index contributed by atoms with van der Waals surface area (Å²) in [4.78, 5) is 6.53. The van der Waals surface area contributed by atoms with E-state index in [1.54, 1.807) is 7.11 Å². The molecular weight excluding hydrogens is 190 g/mol. The standard InChI is InChI=1S/C11H17N3O/c1-12-11-7-9(3-5-13-11)14-6-4-10(8-14)15-2/h3,5,7,10H,4,6,8H2,1-2H3,(H,12,13). The number of aromatic nitrogens is 1. The van der Waals surface area contributed by atoms with Crippen LogP contribution in [0.1, 0.15) is 6.42 Å². The Bertz CT molecular complexity index is 329. The van der Waals surface area contributed by atoms with Crippen LogP contribution in [0.2, 0.25) is 0 Å². The van der Waals surface area contributed by atoms with Gasteiger partial charge in [-0.1, -0.05) is 0 Å². The second-order valence-electron chi connectivity index (χ2n) is 3.74. The van der Waals surface area contributed by atoms with E-state index in [1.165, 1.54) is 5.69 Å². The molecule has 1 unspecified atom stereocenters. The number of hydrogen-bond donors (Lipinski definition) is 1. The maximum absolute atomic E-state index is 5.35. The summed E-state index contributed by atoms with van der Waals surface area (Å²) < 4.78 is 5.35. The molecule has 1 fully saturated rings. The second-order valence-corrected chi connectivity index (χ2v) is 3.74. The van der Waals surface area contributed by atoms with Crippen molar-refractivity contribution in [2.24, 2.45) is 0 Å². The zero-order valence-corrected chi connectivity index (χ0v) is 9.23. The zero-order chi connectivity index (χ0) is 10.7. The van der Waals surface area contributed by atoms with E-state index in [4.69, 9.17) is 4.74 Å². The molecule has 1 N–H and O–H groups in total. The van der Waals surface area contributed by atoms with Gasteiger partial charge >= 0.3 is 0 Å². The van der Waals surface area contributed by atoms with Crippen LogP contribution in [-0.2, 0) is 4.74 Å². The smallest absolute Gasteiger partial charge is 0.127 e. The van der Waals surface area contributed by atoms with Gasteiger partial charge in [-0.25, -0.2) is 4.98 Å². The Balaban J connectivity index is 2.09. The number of ether oxygens (including phenoxy) is 1. The normalized spacial score (nSPS) is 20.7. The summed E-state index contributed by atoms with van der Waals surface area (Å²) in [6.45, 7) is 2.04. The number of methoxy groups -OCH3 is 1. The van der Waals surface area contributed by atoms with Gasteiger partial charge in [-0.2, -0.15) is 0 Å². The summed E-state index contributed by atoms with van der Waals surface area (Å²) in [5.41, 5.74) is 1.22. The van der Waals surface area contributed by atoms with Crippen molar-refractivity contribution in [3.8, 4) is 0 Å². The summed E-state index contributed by atoms with van der Waals surface area (Å²) in [6, 6.07) is 4.11. The molecule has 1 aromatic heterocycles. The van der Waals surface area contributed by atoms with Gasteiger partial charge in [-0.15, -0.1) is 0 Å². The molecular formula is C11H17N3O. The summed E-state index contributed by atoms with van der Waals surface area (Å²) >= 11 is 0. The first-order valence-electron chi connectivity index (χ1n) is 5.25. The van der Waals surface area contributed by atoms with E-state index in [0.29, 0.717) is 6.10 Å². The number of hydrogen-bond acceptors (Lipinski definition) is 4. The molecule has 4 nitrogen and oxygen atoms in total. The summed E-state index contributed by atoms with van der Waals surface area (Å²) in [7, 11) is 3.66. The van der Waals surface area contributed by atoms with E-state index >= 15 is 0 Å². The third-order valence-corrected chi connectivity index (χ3v) is 2.84. The highest BCUT2D eigenvalue weighted by molar-refractivity contribution is 5.54. The lowest BCUT2D eigenvalue weighted by atomic mass is 10.3. The van der Waals surface area contributed by atoms with Crippen LogP contribution in [0, 0.1) is 0 Å². The van der Waals surface area contributed by atoms with Gasteiger partial charge in [0.25, 0.3) is 0 Å². The van der Waals surface area contributed by atoms with E-state index < -0.39 is 0 Å². The van der Waals surface area contributed by atoms with E-state index in [1.807, 2.05) is 19.3 Å². The Morgan fingerprint density at radius 2 is 2.47 bits per heavy atom. The lowest BCUT2D eigenvalue weighted by Crippen LogP contribution is -2.22. The van der Waals surface area contributed by atoms with Crippen molar-refractivity contribution in [2.45, 2.75) is 12.5 Å². The summed E-state index contributed by atoms with van der Waals surface area (Å²) in [5.74, 6) is 0.911. The van der Waals surface area contributed by atoms with Gasteiger partial charge in [0, 0.05) is 45.2 Å². The highest BCUT2D eigenvalue weighted by Gasteiger charge is 2.22. The Hall–Kier alpha value is -1.29. The van der Waals surface area contributed by atoms with Crippen LogP contribution >= 0.6 is 0 Å². The molecule has 1 aliphatic rings. The van der Waals surface area contributed by atoms with Crippen LogP contribution in [-0.4, -0.2) is 38.3 Å². The lowest BCUT2D eigenvalue weighted by molar-refractivity contribution is 0.121. The third-order valence-electron chi connectivity index (χ3n) is 2.84. The molecule has 0 radical (unpaired) electrons. The van der Waals surface area contributed by atoms with Crippen molar-refractivity contribution < 1.29 is 4.74 Å². The highest BCUT2D eigenvalue weighted by atomic mass is 16.5. The molecule has 0 spiro atoms. The van der Waals surface area contributed by atoms with Crippen molar-refractivity contribution in [1.82, 2.24) is 4.98 Å². The van der Waals surface area contributed by atoms with Crippen molar-refractivity contribution in [3.05, 3.63) is 18.3 Å². The Morgan fingerprint density at radius 3 is 3.13 bits per heavy atom. The van der Waals surface area contributed by atoms with Crippen LogP contribution in [0.5, 0.6) is 0 Å². The Morgan fingerprint density at radius 1 is 1.60 bits per heavy atom. The first-order chi connectivity index (χ1) is 7.33. The van der Waals surface area contributed by atoms with E-state index in [-0.39, 0.29) is 0 Å². The second kappa shape index (κ2) is 4.49. The van der Waals surface area contributed by atoms with Gasteiger partial charge in [0.05, 0.1) is 6.10 Å². The monoisotopic (exact) mass is 207 g/mol. The number of nitrogens with zero attached hydrogens (tertiary/aromatic N) is 2. The predicted octanol–water partition coefficient (Wildman–Crippen LogP) is 1.35. The quantitative estimate of drug-likeness (QED) is 0.811. The van der Waals surface area contributed by atoms with E-state index in [0.717, 1.165) is 25.3 Å². The van der Waals surface area contributed by atoms with Gasteiger partial charge < -0.3 is 15.0 Å². The molecule has 2 heterocycles. The minimum absolute atomic E-state index is 0.371. The molecule has 1 saturated heterocycles. The van der Waals surface area contributed by atoms with Crippen LogP contribution in [0.15, 0.2) is 18.3 Å². The summed E-state index contributed by atoms with van der Waals surface area (Å²) in [6.07, 6.45) is 3.31. The third kappa shape index (κ3) is 2.21. The number of rotatable bonds is 3. The van der Waals surface area contributed by atoms with Crippen molar-refractivity contribution in [2.75, 3.05) is 37.5 Å². The minimum atomic E-state index is 0.371. The van der Waals surface area contributed by atoms with E-state index in [9.17, 15) is 0 Å². The fourth-order valence-electron chi connectivity index (χ4n) is 1.91. The van der Waals surface area contributed by atoms with Crippen LogP contribution < -0.4 is 10.2 Å². The molecule has 1 aliphatic heterocycles. The number of anilines is 2. The van der Waals surface area contributed by atoms with Gasteiger partial charge in [-0.3, -0.25) is 0 Å². The molecule has 0 bridgehead atoms. The molecule has 0 saturated carbocycles. The first-order valence-corrected chi connectivity index (χ1v) is 5.25. The van der Waals surface area contributed by atoms with Crippen molar-refractivity contribution in [1.29, 1.82) is 0 Å². The molecule has 0 aromatic carbocycles. The zero-order valence-electron chi connectivity index (χ0n) is 9.23. The van der Waals surface area contributed by atoms with Crippen molar-refractivity contribution >= 4 is 11.5 Å². The fraction of sp³-hybridized carbons (Fsp3) is 0.545. The summed E-state index contributed by atoms with van der Waals surface area (Å²) in [5, 5.41) is 3.05. The number of pyridine rings is 1. The lowest BCUT2D eigenvalue weighted by Gasteiger charge is -2.18. The molecule has 0 aliphatic carbocycles. The minimum Gasteiger partial charge on any atom is -0.380 e. The highest BCUT2D eigenvalue weighted by Crippen LogP contribution is 2.22. The van der Waals surface area contributed by atoms with Crippen LogP contribution in [0.25, 0.3) is 0 Å². The Labute approximate surface area is 90.3 Å². The molecule has 2 rings (SSSR count). The molecule has 0 amide bonds. The Kier molecular flexibility index (Phi) is 3.06.